The van der Waals surface area contributed by atoms with Crippen molar-refractivity contribution in [2.45, 2.75) is 26.2 Å². The Morgan fingerprint density at radius 3 is 2.44 bits per heavy atom. The van der Waals surface area contributed by atoms with Gasteiger partial charge < -0.3 is 10.8 Å². The average molecular weight is 221 g/mol. The summed E-state index contributed by atoms with van der Waals surface area (Å²) < 4.78 is 0. The number of carboxylic acid groups (broad SMARTS) is 1. The Bertz CT molecular complexity index is 331. The fourth-order valence-electron chi connectivity index (χ4n) is 1.80. The Labute approximate surface area is 96.3 Å². The van der Waals surface area contributed by atoms with E-state index in [-0.39, 0.29) is 6.54 Å². The maximum Gasteiger partial charge on any atom is 0.310 e. The molecule has 88 valence electrons. The average Bonchev–Trinajstić information content (AvgIpc) is 2.32. The Morgan fingerprint density at radius 2 is 2.00 bits per heavy atom. The van der Waals surface area contributed by atoms with Crippen LogP contribution in [-0.2, 0) is 11.2 Å². The Morgan fingerprint density at radius 1 is 1.38 bits per heavy atom. The summed E-state index contributed by atoms with van der Waals surface area (Å²) in [5.41, 5.74) is 6.00. The SMILES string of the molecule is CCC(CN)(CCc1ccccc1)C(=O)O. The largest absolute Gasteiger partial charge is 0.481 e. The van der Waals surface area contributed by atoms with Gasteiger partial charge in [-0.05, 0) is 24.8 Å². The quantitative estimate of drug-likeness (QED) is 0.772. The predicted octanol–water partition coefficient (Wildman–Crippen LogP) is 2.06. The fourth-order valence-corrected chi connectivity index (χ4v) is 1.80. The second kappa shape index (κ2) is 5.66. The van der Waals surface area contributed by atoms with E-state index in [9.17, 15) is 9.90 Å². The second-order valence-electron chi connectivity index (χ2n) is 4.13. The van der Waals surface area contributed by atoms with Gasteiger partial charge in [-0.25, -0.2) is 0 Å². The van der Waals surface area contributed by atoms with Gasteiger partial charge in [-0.3, -0.25) is 4.79 Å². The van der Waals surface area contributed by atoms with Crippen LogP contribution < -0.4 is 5.73 Å². The molecule has 16 heavy (non-hydrogen) atoms. The van der Waals surface area contributed by atoms with Crippen molar-refractivity contribution in [2.75, 3.05) is 6.54 Å². The first-order valence-electron chi connectivity index (χ1n) is 5.62. The van der Waals surface area contributed by atoms with E-state index in [2.05, 4.69) is 0 Å². The number of nitrogens with two attached hydrogens (primary N) is 1. The van der Waals surface area contributed by atoms with Crippen LogP contribution in [-0.4, -0.2) is 17.6 Å². The molecule has 0 amide bonds. The van der Waals surface area contributed by atoms with Gasteiger partial charge in [0.15, 0.2) is 0 Å². The lowest BCUT2D eigenvalue weighted by Crippen LogP contribution is -2.38. The topological polar surface area (TPSA) is 63.3 Å². The molecule has 1 unspecified atom stereocenters. The highest BCUT2D eigenvalue weighted by molar-refractivity contribution is 5.74. The third kappa shape index (κ3) is 2.83. The van der Waals surface area contributed by atoms with E-state index in [1.165, 1.54) is 0 Å². The molecule has 0 heterocycles. The van der Waals surface area contributed by atoms with Gasteiger partial charge in [-0.1, -0.05) is 37.3 Å². The van der Waals surface area contributed by atoms with Crippen LogP contribution in [0.4, 0.5) is 0 Å². The van der Waals surface area contributed by atoms with Crippen LogP contribution in [0.3, 0.4) is 0 Å². The molecule has 1 rings (SSSR count). The number of carbonyl (C=O) groups is 1. The predicted molar refractivity (Wildman–Crippen MR) is 64.2 cm³/mol. The van der Waals surface area contributed by atoms with Gasteiger partial charge in [0.1, 0.15) is 0 Å². The van der Waals surface area contributed by atoms with Crippen molar-refractivity contribution in [2.24, 2.45) is 11.1 Å². The molecule has 1 aromatic carbocycles. The van der Waals surface area contributed by atoms with Crippen LogP contribution in [0, 0.1) is 5.41 Å². The molecule has 0 aliphatic rings. The van der Waals surface area contributed by atoms with Gasteiger partial charge in [0.05, 0.1) is 5.41 Å². The standard InChI is InChI=1S/C13H19NO2/c1-2-13(10-14,12(15)16)9-8-11-6-4-3-5-7-11/h3-7H,2,8-10,14H2,1H3,(H,15,16). The summed E-state index contributed by atoms with van der Waals surface area (Å²) in [6.07, 6.45) is 1.93. The summed E-state index contributed by atoms with van der Waals surface area (Å²) in [5.74, 6) is -0.784. The maximum absolute atomic E-state index is 11.2. The number of hydrogen-bond acceptors (Lipinski definition) is 2. The third-order valence-electron chi connectivity index (χ3n) is 3.26. The van der Waals surface area contributed by atoms with Gasteiger partial charge in [0.25, 0.3) is 0 Å². The highest BCUT2D eigenvalue weighted by Gasteiger charge is 2.34. The minimum absolute atomic E-state index is 0.200. The van der Waals surface area contributed by atoms with E-state index in [0.29, 0.717) is 12.8 Å². The lowest BCUT2D eigenvalue weighted by Gasteiger charge is -2.26. The molecule has 1 atom stereocenters. The number of carboxylic acids is 1. The molecule has 0 spiro atoms. The van der Waals surface area contributed by atoms with E-state index in [4.69, 9.17) is 5.73 Å². The monoisotopic (exact) mass is 221 g/mol. The molecule has 0 radical (unpaired) electrons. The number of aryl methyl sites for hydroxylation is 1. The van der Waals surface area contributed by atoms with Gasteiger partial charge >= 0.3 is 5.97 Å². The minimum atomic E-state index is -0.784. The molecule has 0 aliphatic heterocycles. The zero-order chi connectivity index (χ0) is 12.0. The fraction of sp³-hybridized carbons (Fsp3) is 0.462. The van der Waals surface area contributed by atoms with Crippen molar-refractivity contribution in [1.29, 1.82) is 0 Å². The molecule has 0 bridgehead atoms. The van der Waals surface area contributed by atoms with Gasteiger partial charge in [-0.2, -0.15) is 0 Å². The Kier molecular flexibility index (Phi) is 4.50. The highest BCUT2D eigenvalue weighted by atomic mass is 16.4. The lowest BCUT2D eigenvalue weighted by molar-refractivity contribution is -0.149. The normalized spacial score (nSPS) is 14.4. The molecule has 0 aromatic heterocycles. The Hall–Kier alpha value is -1.35. The Balaban J connectivity index is 2.67. The van der Waals surface area contributed by atoms with E-state index < -0.39 is 11.4 Å². The summed E-state index contributed by atoms with van der Waals surface area (Å²) in [6.45, 7) is 2.08. The summed E-state index contributed by atoms with van der Waals surface area (Å²) >= 11 is 0. The molecule has 1 aromatic rings. The molecular formula is C13H19NO2. The van der Waals surface area contributed by atoms with Crippen molar-refractivity contribution in [1.82, 2.24) is 0 Å². The van der Waals surface area contributed by atoms with E-state index in [0.717, 1.165) is 12.0 Å². The molecular weight excluding hydrogens is 202 g/mol. The molecule has 3 N–H and O–H groups in total. The molecule has 3 heteroatoms. The number of benzene rings is 1. The molecule has 0 saturated carbocycles. The second-order valence-corrected chi connectivity index (χ2v) is 4.13. The smallest absolute Gasteiger partial charge is 0.310 e. The molecule has 3 nitrogen and oxygen atoms in total. The van der Waals surface area contributed by atoms with Gasteiger partial charge in [-0.15, -0.1) is 0 Å². The summed E-state index contributed by atoms with van der Waals surface area (Å²) in [7, 11) is 0. The molecule has 0 aliphatic carbocycles. The number of aliphatic carboxylic acids is 1. The number of rotatable bonds is 6. The van der Waals surface area contributed by atoms with Crippen molar-refractivity contribution >= 4 is 5.97 Å². The molecule has 0 saturated heterocycles. The van der Waals surface area contributed by atoms with Crippen molar-refractivity contribution in [3.05, 3.63) is 35.9 Å². The first-order chi connectivity index (χ1) is 7.64. The maximum atomic E-state index is 11.2. The van der Waals surface area contributed by atoms with Crippen molar-refractivity contribution in [3.8, 4) is 0 Å². The first kappa shape index (κ1) is 12.7. The third-order valence-corrected chi connectivity index (χ3v) is 3.26. The van der Waals surface area contributed by atoms with Crippen LogP contribution >= 0.6 is 0 Å². The van der Waals surface area contributed by atoms with Gasteiger partial charge in [0, 0.05) is 6.54 Å². The zero-order valence-electron chi connectivity index (χ0n) is 9.65. The molecule has 0 fully saturated rings. The van der Waals surface area contributed by atoms with Crippen molar-refractivity contribution in [3.63, 3.8) is 0 Å². The lowest BCUT2D eigenvalue weighted by atomic mass is 9.80. The van der Waals surface area contributed by atoms with Crippen LogP contribution in [0.5, 0.6) is 0 Å². The van der Waals surface area contributed by atoms with E-state index in [1.807, 2.05) is 37.3 Å². The van der Waals surface area contributed by atoms with Crippen LogP contribution in [0.2, 0.25) is 0 Å². The van der Waals surface area contributed by atoms with Crippen molar-refractivity contribution < 1.29 is 9.90 Å². The minimum Gasteiger partial charge on any atom is -0.481 e. The van der Waals surface area contributed by atoms with Gasteiger partial charge in [0.2, 0.25) is 0 Å². The van der Waals surface area contributed by atoms with Crippen LogP contribution in [0.15, 0.2) is 30.3 Å². The highest BCUT2D eigenvalue weighted by Crippen LogP contribution is 2.27. The number of hydrogen-bond donors (Lipinski definition) is 2. The summed E-state index contributed by atoms with van der Waals surface area (Å²) in [6, 6.07) is 9.91. The summed E-state index contributed by atoms with van der Waals surface area (Å²) in [4.78, 5) is 11.2. The first-order valence-corrected chi connectivity index (χ1v) is 5.62. The summed E-state index contributed by atoms with van der Waals surface area (Å²) in [5, 5.41) is 9.22. The van der Waals surface area contributed by atoms with Crippen LogP contribution in [0.25, 0.3) is 0 Å². The van der Waals surface area contributed by atoms with E-state index >= 15 is 0 Å². The van der Waals surface area contributed by atoms with Crippen LogP contribution in [0.1, 0.15) is 25.3 Å². The van der Waals surface area contributed by atoms with E-state index in [1.54, 1.807) is 0 Å². The zero-order valence-corrected chi connectivity index (χ0v) is 9.65.